The first kappa shape index (κ1) is 13.5. The van der Waals surface area contributed by atoms with Crippen molar-refractivity contribution in [2.24, 2.45) is 4.99 Å². The van der Waals surface area contributed by atoms with Crippen LogP contribution >= 0.6 is 23.6 Å². The van der Waals surface area contributed by atoms with Crippen LogP contribution in [0, 0.1) is 3.95 Å². The van der Waals surface area contributed by atoms with Crippen LogP contribution in [-0.2, 0) is 11.3 Å². The third kappa shape index (κ3) is 3.30. The van der Waals surface area contributed by atoms with E-state index in [9.17, 15) is 9.90 Å². The number of hydrogen-bond donors (Lipinski definition) is 2. The van der Waals surface area contributed by atoms with Crippen molar-refractivity contribution in [2.75, 3.05) is 6.54 Å². The molecule has 0 aromatic carbocycles. The second-order valence-corrected chi connectivity index (χ2v) is 5.26. The van der Waals surface area contributed by atoms with Gasteiger partial charge in [-0.2, -0.15) is 0 Å². The molecule has 0 saturated heterocycles. The highest BCUT2D eigenvalue weighted by molar-refractivity contribution is 7.73. The van der Waals surface area contributed by atoms with Gasteiger partial charge in [0.15, 0.2) is 3.95 Å². The lowest BCUT2D eigenvalue weighted by Gasteiger charge is -2.01. The Morgan fingerprint density at radius 1 is 1.63 bits per heavy atom. The van der Waals surface area contributed by atoms with Crippen LogP contribution in [0.1, 0.15) is 10.6 Å². The topological polar surface area (TPSA) is 88.0 Å². The number of carboxylic acids is 1. The molecule has 0 fully saturated rings. The summed E-state index contributed by atoms with van der Waals surface area (Å²) in [6.45, 7) is -0.0246. The lowest BCUT2D eigenvalue weighted by molar-refractivity contribution is -0.135. The van der Waals surface area contributed by atoms with E-state index in [1.54, 1.807) is 12.1 Å². The molecule has 0 aliphatic heterocycles. The fraction of sp³-hybridized carbons (Fsp3) is 0.182. The number of aromatic hydroxyl groups is 1. The van der Waals surface area contributed by atoms with Crippen LogP contribution in [0.4, 0.5) is 0 Å². The summed E-state index contributed by atoms with van der Waals surface area (Å²) in [7, 11) is 0. The van der Waals surface area contributed by atoms with Gasteiger partial charge in [-0.15, -0.1) is 0 Å². The Hall–Kier alpha value is -1.93. The fourth-order valence-electron chi connectivity index (χ4n) is 1.40. The predicted octanol–water partition coefficient (Wildman–Crippen LogP) is 2.13. The molecule has 2 aromatic heterocycles. The van der Waals surface area contributed by atoms with Crippen molar-refractivity contribution in [3.8, 4) is 5.88 Å². The first-order valence-electron chi connectivity index (χ1n) is 5.24. The number of furan rings is 1. The molecule has 0 unspecified atom stereocenters. The number of carboxylic acid groups (broad SMARTS) is 1. The zero-order valence-corrected chi connectivity index (χ0v) is 11.3. The van der Waals surface area contributed by atoms with Gasteiger partial charge >= 0.3 is 5.97 Å². The molecule has 6 nitrogen and oxygen atoms in total. The van der Waals surface area contributed by atoms with Gasteiger partial charge in [0.1, 0.15) is 17.2 Å². The molecule has 19 heavy (non-hydrogen) atoms. The van der Waals surface area contributed by atoms with E-state index in [2.05, 4.69) is 4.99 Å². The predicted molar refractivity (Wildman–Crippen MR) is 72.7 cm³/mol. The van der Waals surface area contributed by atoms with Crippen molar-refractivity contribution in [1.82, 2.24) is 4.57 Å². The van der Waals surface area contributed by atoms with Crippen LogP contribution in [0.2, 0.25) is 0 Å². The molecular weight excluding hydrogens is 288 g/mol. The van der Waals surface area contributed by atoms with E-state index < -0.39 is 5.97 Å². The van der Waals surface area contributed by atoms with Gasteiger partial charge in [-0.1, -0.05) is 11.3 Å². The number of aliphatic imine (C=N–C) groups is 1. The number of thiazole rings is 1. The second-order valence-electron chi connectivity index (χ2n) is 3.58. The molecule has 2 rings (SSSR count). The van der Waals surface area contributed by atoms with E-state index in [-0.39, 0.29) is 12.4 Å². The minimum Gasteiger partial charge on any atom is -0.493 e. The van der Waals surface area contributed by atoms with E-state index in [1.165, 1.54) is 17.0 Å². The molecule has 100 valence electrons. The monoisotopic (exact) mass is 298 g/mol. The van der Waals surface area contributed by atoms with E-state index in [0.717, 1.165) is 11.3 Å². The lowest BCUT2D eigenvalue weighted by Crippen LogP contribution is -2.00. The maximum Gasteiger partial charge on any atom is 0.325 e. The molecule has 0 amide bonds. The maximum atomic E-state index is 10.3. The van der Waals surface area contributed by atoms with Gasteiger partial charge in [0.05, 0.1) is 12.8 Å². The van der Waals surface area contributed by atoms with Gasteiger partial charge in [-0.3, -0.25) is 14.4 Å². The summed E-state index contributed by atoms with van der Waals surface area (Å²) in [4.78, 5) is 14.5. The molecule has 2 N–H and O–H groups in total. The number of rotatable bonds is 5. The maximum absolute atomic E-state index is 10.3. The molecule has 0 aliphatic rings. The van der Waals surface area contributed by atoms with Crippen molar-refractivity contribution in [3.05, 3.63) is 33.0 Å². The second kappa shape index (κ2) is 5.81. The van der Waals surface area contributed by atoms with Crippen molar-refractivity contribution in [2.45, 2.75) is 6.54 Å². The Morgan fingerprint density at radius 2 is 2.42 bits per heavy atom. The number of nitrogens with zero attached hydrogens (tertiary/aromatic N) is 2. The molecular formula is C11H10N2O4S2. The van der Waals surface area contributed by atoms with E-state index in [1.807, 2.05) is 0 Å². The van der Waals surface area contributed by atoms with E-state index in [4.69, 9.17) is 21.7 Å². The Bertz CT molecular complexity index is 655. The van der Waals surface area contributed by atoms with Crippen LogP contribution in [-0.4, -0.2) is 33.5 Å². The highest BCUT2D eigenvalue weighted by Crippen LogP contribution is 2.25. The SMILES string of the molecule is O=C(O)CN=Cc1sc(=S)n(Cc2ccco2)c1O. The number of carbonyl (C=O) groups is 1. The summed E-state index contributed by atoms with van der Waals surface area (Å²) in [6.07, 6.45) is 2.85. The van der Waals surface area contributed by atoms with Crippen LogP contribution < -0.4 is 0 Å². The van der Waals surface area contributed by atoms with E-state index >= 15 is 0 Å². The van der Waals surface area contributed by atoms with Crippen molar-refractivity contribution >= 4 is 35.7 Å². The molecule has 0 atom stereocenters. The van der Waals surface area contributed by atoms with Gasteiger partial charge in [-0.05, 0) is 24.4 Å². The van der Waals surface area contributed by atoms with Crippen molar-refractivity contribution < 1.29 is 19.4 Å². The third-order valence-electron chi connectivity index (χ3n) is 2.22. The zero-order valence-electron chi connectivity index (χ0n) is 9.65. The van der Waals surface area contributed by atoms with Crippen molar-refractivity contribution in [3.63, 3.8) is 0 Å². The Labute approximate surface area is 117 Å². The molecule has 0 radical (unpaired) electrons. The lowest BCUT2D eigenvalue weighted by atomic mass is 10.4. The molecule has 0 bridgehead atoms. The summed E-state index contributed by atoms with van der Waals surface area (Å²) in [5, 5.41) is 18.5. The summed E-state index contributed by atoms with van der Waals surface area (Å²) in [5.74, 6) is -0.409. The minimum absolute atomic E-state index is 0.0412. The summed E-state index contributed by atoms with van der Waals surface area (Å²) in [5.41, 5.74) is 0. The Balaban J connectivity index is 2.22. The first-order chi connectivity index (χ1) is 9.08. The van der Waals surface area contributed by atoms with Crippen LogP contribution in [0.5, 0.6) is 5.88 Å². The molecule has 8 heteroatoms. The quantitative estimate of drug-likeness (QED) is 0.652. The van der Waals surface area contributed by atoms with Crippen LogP contribution in [0.25, 0.3) is 0 Å². The molecule has 0 aliphatic carbocycles. The smallest absolute Gasteiger partial charge is 0.325 e. The number of aromatic nitrogens is 1. The van der Waals surface area contributed by atoms with Gasteiger partial charge in [0.25, 0.3) is 0 Å². The largest absolute Gasteiger partial charge is 0.493 e. The molecule has 2 heterocycles. The third-order valence-corrected chi connectivity index (χ3v) is 3.60. The van der Waals surface area contributed by atoms with Gasteiger partial charge in [-0.25, -0.2) is 0 Å². The van der Waals surface area contributed by atoms with Crippen LogP contribution in [0.3, 0.4) is 0 Å². The molecule has 0 spiro atoms. The number of hydrogen-bond acceptors (Lipinski definition) is 6. The van der Waals surface area contributed by atoms with E-state index in [0.29, 0.717) is 21.1 Å². The Kier molecular flexibility index (Phi) is 4.13. The molecule has 2 aromatic rings. The normalized spacial score (nSPS) is 11.2. The standard InChI is InChI=1S/C11H10N2O4S2/c14-9(15)5-12-4-8-10(16)13(11(18)19-8)6-7-2-1-3-17-7/h1-4,16H,5-6H2,(H,14,15). The highest BCUT2D eigenvalue weighted by atomic mass is 32.1. The summed E-state index contributed by atoms with van der Waals surface area (Å²) < 4.78 is 7.15. The van der Waals surface area contributed by atoms with Gasteiger partial charge in [0, 0.05) is 6.21 Å². The average molecular weight is 298 g/mol. The minimum atomic E-state index is -1.03. The summed E-state index contributed by atoms with van der Waals surface area (Å²) >= 11 is 6.30. The Morgan fingerprint density at radius 3 is 3.05 bits per heavy atom. The first-order valence-corrected chi connectivity index (χ1v) is 6.47. The number of aliphatic carboxylic acids is 1. The van der Waals surface area contributed by atoms with Gasteiger partial charge in [0.2, 0.25) is 5.88 Å². The van der Waals surface area contributed by atoms with Crippen LogP contribution in [0.15, 0.2) is 27.8 Å². The van der Waals surface area contributed by atoms with Crippen molar-refractivity contribution in [1.29, 1.82) is 0 Å². The fourth-order valence-corrected chi connectivity index (χ4v) is 2.60. The highest BCUT2D eigenvalue weighted by Gasteiger charge is 2.11. The zero-order chi connectivity index (χ0) is 13.8. The molecule has 0 saturated carbocycles. The summed E-state index contributed by atoms with van der Waals surface area (Å²) in [6, 6.07) is 3.52. The van der Waals surface area contributed by atoms with Gasteiger partial charge < -0.3 is 14.6 Å². The average Bonchev–Trinajstić information content (AvgIpc) is 2.93.